The molecular formula is C12H18N4S. The first-order valence-corrected chi connectivity index (χ1v) is 6.91. The second kappa shape index (κ2) is 7.13. The molecule has 0 amide bonds. The summed E-state index contributed by atoms with van der Waals surface area (Å²) >= 11 is 1.92. The first-order valence-electron chi connectivity index (χ1n) is 5.75. The van der Waals surface area contributed by atoms with Gasteiger partial charge < -0.3 is 5.32 Å². The lowest BCUT2D eigenvalue weighted by Crippen LogP contribution is -2.18. The quantitative estimate of drug-likeness (QED) is 0.786. The maximum atomic E-state index is 8.82. The van der Waals surface area contributed by atoms with E-state index in [9.17, 15) is 0 Å². The number of aromatic nitrogens is 2. The molecule has 0 bridgehead atoms. The second-order valence-corrected chi connectivity index (χ2v) is 5.25. The highest BCUT2D eigenvalue weighted by molar-refractivity contribution is 7.99. The number of nitrogens with zero attached hydrogens (tertiary/aromatic N) is 3. The van der Waals surface area contributed by atoms with E-state index in [1.54, 1.807) is 6.07 Å². The fraction of sp³-hybridized carbons (Fsp3) is 0.583. The van der Waals surface area contributed by atoms with Gasteiger partial charge in [0, 0.05) is 11.7 Å². The molecule has 1 atom stereocenters. The van der Waals surface area contributed by atoms with Crippen molar-refractivity contribution in [3.8, 4) is 6.07 Å². The van der Waals surface area contributed by atoms with Crippen molar-refractivity contribution in [2.45, 2.75) is 33.2 Å². The molecule has 5 heteroatoms. The number of hydrogen-bond acceptors (Lipinski definition) is 5. The normalized spacial score (nSPS) is 11.9. The van der Waals surface area contributed by atoms with Crippen LogP contribution < -0.4 is 5.32 Å². The molecule has 0 saturated heterocycles. The van der Waals surface area contributed by atoms with E-state index < -0.39 is 0 Å². The monoisotopic (exact) mass is 250 g/mol. The summed E-state index contributed by atoms with van der Waals surface area (Å²) in [6.45, 7) is 6.13. The highest BCUT2D eigenvalue weighted by atomic mass is 32.2. The molecule has 1 unspecified atom stereocenters. The van der Waals surface area contributed by atoms with Crippen molar-refractivity contribution in [3.05, 3.63) is 17.5 Å². The van der Waals surface area contributed by atoms with E-state index in [4.69, 9.17) is 5.26 Å². The van der Waals surface area contributed by atoms with Gasteiger partial charge in [0.1, 0.15) is 11.8 Å². The summed E-state index contributed by atoms with van der Waals surface area (Å²) in [7, 11) is 0. The molecule has 0 aromatic carbocycles. The Hall–Kier alpha value is -1.28. The van der Waals surface area contributed by atoms with Crippen LogP contribution >= 0.6 is 11.8 Å². The lowest BCUT2D eigenvalue weighted by atomic mass is 10.2. The molecule has 0 fully saturated rings. The number of nitriles is 1. The van der Waals surface area contributed by atoms with Gasteiger partial charge in [-0.3, -0.25) is 0 Å². The molecule has 4 nitrogen and oxygen atoms in total. The Balaban J connectivity index is 2.56. The predicted molar refractivity (Wildman–Crippen MR) is 72.2 cm³/mol. The van der Waals surface area contributed by atoms with Crippen LogP contribution in [0, 0.1) is 18.3 Å². The molecule has 0 aliphatic rings. The molecule has 92 valence electrons. The zero-order valence-corrected chi connectivity index (χ0v) is 11.3. The van der Waals surface area contributed by atoms with Gasteiger partial charge in [0.05, 0.1) is 0 Å². The molecule has 0 aliphatic heterocycles. The van der Waals surface area contributed by atoms with E-state index in [1.807, 2.05) is 24.8 Å². The molecule has 1 N–H and O–H groups in total. The summed E-state index contributed by atoms with van der Waals surface area (Å²) in [5.41, 5.74) is 1.23. The summed E-state index contributed by atoms with van der Waals surface area (Å²) in [5, 5.41) is 12.1. The van der Waals surface area contributed by atoms with Crippen LogP contribution in [0.15, 0.2) is 6.07 Å². The summed E-state index contributed by atoms with van der Waals surface area (Å²) in [5.74, 6) is 2.82. The average Bonchev–Trinajstić information content (AvgIpc) is 2.28. The van der Waals surface area contributed by atoms with Gasteiger partial charge >= 0.3 is 0 Å². The number of thioether (sulfide) groups is 1. The van der Waals surface area contributed by atoms with Gasteiger partial charge in [0.15, 0.2) is 0 Å². The number of hydrogen-bond donors (Lipinski definition) is 1. The van der Waals surface area contributed by atoms with E-state index in [1.165, 1.54) is 0 Å². The molecular weight excluding hydrogens is 232 g/mol. The van der Waals surface area contributed by atoms with Crippen LogP contribution in [-0.4, -0.2) is 27.5 Å². The van der Waals surface area contributed by atoms with Crippen LogP contribution in [0.3, 0.4) is 0 Å². The Morgan fingerprint density at radius 2 is 2.29 bits per heavy atom. The summed E-state index contributed by atoms with van der Waals surface area (Å²) in [4.78, 5) is 8.40. The van der Waals surface area contributed by atoms with E-state index in [0.29, 0.717) is 17.7 Å². The minimum atomic E-state index is 0.322. The third kappa shape index (κ3) is 5.05. The molecule has 17 heavy (non-hydrogen) atoms. The second-order valence-electron chi connectivity index (χ2n) is 3.86. The van der Waals surface area contributed by atoms with Crippen molar-refractivity contribution >= 4 is 17.7 Å². The van der Waals surface area contributed by atoms with Crippen molar-refractivity contribution in [1.29, 1.82) is 5.26 Å². The highest BCUT2D eigenvalue weighted by Crippen LogP contribution is 2.09. The van der Waals surface area contributed by atoms with Gasteiger partial charge in [-0.2, -0.15) is 17.0 Å². The topological polar surface area (TPSA) is 61.6 Å². The van der Waals surface area contributed by atoms with Crippen molar-refractivity contribution < 1.29 is 0 Å². The Morgan fingerprint density at radius 3 is 2.94 bits per heavy atom. The van der Waals surface area contributed by atoms with Crippen LogP contribution in [0.25, 0.3) is 0 Å². The Morgan fingerprint density at radius 1 is 1.53 bits per heavy atom. The van der Waals surface area contributed by atoms with E-state index in [-0.39, 0.29) is 0 Å². The van der Waals surface area contributed by atoms with Gasteiger partial charge in [-0.25, -0.2) is 9.97 Å². The molecule has 0 aliphatic carbocycles. The van der Waals surface area contributed by atoms with Gasteiger partial charge in [-0.15, -0.1) is 0 Å². The van der Waals surface area contributed by atoms with E-state index in [0.717, 1.165) is 23.6 Å². The number of aryl methyl sites for hydroxylation is 1. The van der Waals surface area contributed by atoms with Crippen LogP contribution in [0.2, 0.25) is 0 Å². The highest BCUT2D eigenvalue weighted by Gasteiger charge is 2.06. The lowest BCUT2D eigenvalue weighted by molar-refractivity contribution is 0.758. The SMILES string of the molecule is CCSCCC(C)Nc1nc(C)cc(C#N)n1. The van der Waals surface area contributed by atoms with Gasteiger partial charge in [0.25, 0.3) is 0 Å². The fourth-order valence-electron chi connectivity index (χ4n) is 1.39. The Labute approximate surface area is 107 Å². The van der Waals surface area contributed by atoms with E-state index in [2.05, 4.69) is 29.1 Å². The number of nitrogens with one attached hydrogen (secondary N) is 1. The molecule has 0 radical (unpaired) electrons. The Kier molecular flexibility index (Phi) is 5.78. The first kappa shape index (κ1) is 13.8. The summed E-state index contributed by atoms with van der Waals surface area (Å²) in [6.07, 6.45) is 1.07. The molecule has 1 heterocycles. The maximum Gasteiger partial charge on any atom is 0.224 e. The largest absolute Gasteiger partial charge is 0.352 e. The van der Waals surface area contributed by atoms with Gasteiger partial charge in [-0.05, 0) is 37.8 Å². The molecule has 1 aromatic heterocycles. The van der Waals surface area contributed by atoms with Crippen molar-refractivity contribution in [1.82, 2.24) is 9.97 Å². The van der Waals surface area contributed by atoms with Crippen LogP contribution in [0.4, 0.5) is 5.95 Å². The minimum absolute atomic E-state index is 0.322. The van der Waals surface area contributed by atoms with Gasteiger partial charge in [0.2, 0.25) is 5.95 Å². The lowest BCUT2D eigenvalue weighted by Gasteiger charge is -2.13. The third-order valence-electron chi connectivity index (χ3n) is 2.24. The number of rotatable bonds is 6. The van der Waals surface area contributed by atoms with E-state index >= 15 is 0 Å². The predicted octanol–water partition coefficient (Wildman–Crippen LogP) is 2.60. The zero-order chi connectivity index (χ0) is 12.7. The summed E-state index contributed by atoms with van der Waals surface area (Å²) < 4.78 is 0. The van der Waals surface area contributed by atoms with Crippen molar-refractivity contribution in [2.75, 3.05) is 16.8 Å². The fourth-order valence-corrected chi connectivity index (χ4v) is 2.20. The molecule has 0 spiro atoms. The van der Waals surface area contributed by atoms with Crippen LogP contribution in [0.1, 0.15) is 31.7 Å². The summed E-state index contributed by atoms with van der Waals surface area (Å²) in [6, 6.07) is 4.04. The molecule has 1 rings (SSSR count). The minimum Gasteiger partial charge on any atom is -0.352 e. The average molecular weight is 250 g/mol. The van der Waals surface area contributed by atoms with Crippen molar-refractivity contribution in [3.63, 3.8) is 0 Å². The van der Waals surface area contributed by atoms with Crippen molar-refractivity contribution in [2.24, 2.45) is 0 Å². The molecule has 0 saturated carbocycles. The Bertz CT molecular complexity index is 400. The maximum absolute atomic E-state index is 8.82. The van der Waals surface area contributed by atoms with Gasteiger partial charge in [-0.1, -0.05) is 6.92 Å². The standard InChI is InChI=1S/C12H18N4S/c1-4-17-6-5-9(2)14-12-15-10(3)7-11(8-13)16-12/h7,9H,4-6H2,1-3H3,(H,14,15,16). The number of anilines is 1. The molecule has 1 aromatic rings. The first-order chi connectivity index (χ1) is 8.15. The third-order valence-corrected chi connectivity index (χ3v) is 3.18. The van der Waals surface area contributed by atoms with Crippen LogP contribution in [0.5, 0.6) is 0 Å². The van der Waals surface area contributed by atoms with Crippen LogP contribution in [-0.2, 0) is 0 Å². The smallest absolute Gasteiger partial charge is 0.224 e. The zero-order valence-electron chi connectivity index (χ0n) is 10.5.